The Labute approximate surface area is 146 Å². The first kappa shape index (κ1) is 17.4. The molecule has 1 aliphatic rings. The Bertz CT molecular complexity index is 709. The maximum Gasteiger partial charge on any atom is 0.271 e. The van der Waals surface area contributed by atoms with Gasteiger partial charge in [-0.05, 0) is 19.3 Å². The zero-order valence-electron chi connectivity index (χ0n) is 14.6. The van der Waals surface area contributed by atoms with Crippen LogP contribution < -0.4 is 0 Å². The average Bonchev–Trinajstić information content (AvgIpc) is 3.07. The second-order valence-corrected chi connectivity index (χ2v) is 7.80. The van der Waals surface area contributed by atoms with Crippen LogP contribution in [0, 0.1) is 12.8 Å². The molecule has 0 radical (unpaired) electrons. The largest absolute Gasteiger partial charge is 0.396 e. The third kappa shape index (κ3) is 3.48. The highest BCUT2D eigenvalue weighted by Crippen LogP contribution is 2.21. The number of piperazine rings is 1. The zero-order valence-corrected chi connectivity index (χ0v) is 15.4. The van der Waals surface area contributed by atoms with Gasteiger partial charge in [-0.1, -0.05) is 13.8 Å². The summed E-state index contributed by atoms with van der Waals surface area (Å²) in [4.78, 5) is 22.6. The van der Waals surface area contributed by atoms with E-state index in [9.17, 15) is 9.90 Å². The van der Waals surface area contributed by atoms with Gasteiger partial charge in [0.1, 0.15) is 5.69 Å². The molecule has 1 amide bonds. The molecule has 6 nitrogen and oxygen atoms in total. The number of carbonyl (C=O) groups excluding carboxylic acids is 1. The van der Waals surface area contributed by atoms with Crippen LogP contribution >= 0.6 is 11.3 Å². The number of aliphatic hydroxyl groups excluding tert-OH is 1. The van der Waals surface area contributed by atoms with E-state index in [4.69, 9.17) is 0 Å². The molecule has 1 N–H and O–H groups in total. The maximum absolute atomic E-state index is 13.0. The lowest BCUT2D eigenvalue weighted by Gasteiger charge is -2.42. The molecule has 0 aliphatic carbocycles. The van der Waals surface area contributed by atoms with Gasteiger partial charge in [0.2, 0.25) is 0 Å². The second-order valence-electron chi connectivity index (χ2n) is 6.96. The van der Waals surface area contributed by atoms with Gasteiger partial charge in [0.05, 0.1) is 5.69 Å². The molecule has 0 saturated carbocycles. The Morgan fingerprint density at radius 2 is 2.25 bits per heavy atom. The van der Waals surface area contributed by atoms with E-state index in [-0.39, 0.29) is 18.6 Å². The summed E-state index contributed by atoms with van der Waals surface area (Å²) in [6.45, 7) is 9.80. The first-order valence-electron chi connectivity index (χ1n) is 8.57. The van der Waals surface area contributed by atoms with E-state index in [1.165, 1.54) is 11.3 Å². The number of fused-ring (bicyclic) bond motifs is 1. The highest BCUT2D eigenvalue weighted by molar-refractivity contribution is 7.15. The lowest BCUT2D eigenvalue weighted by Crippen LogP contribution is -2.55. The van der Waals surface area contributed by atoms with Crippen molar-refractivity contribution in [2.75, 3.05) is 32.8 Å². The first-order chi connectivity index (χ1) is 11.5. The number of imidazole rings is 1. The minimum absolute atomic E-state index is 0.0609. The summed E-state index contributed by atoms with van der Waals surface area (Å²) in [5, 5.41) is 11.3. The van der Waals surface area contributed by atoms with Crippen molar-refractivity contribution in [3.63, 3.8) is 0 Å². The predicted octanol–water partition coefficient (Wildman–Crippen LogP) is 1.87. The topological polar surface area (TPSA) is 61.1 Å². The summed E-state index contributed by atoms with van der Waals surface area (Å²) in [6.07, 6.45) is 2.62. The molecule has 1 saturated heterocycles. The van der Waals surface area contributed by atoms with Crippen molar-refractivity contribution in [3.05, 3.63) is 23.0 Å². The smallest absolute Gasteiger partial charge is 0.271 e. The lowest BCUT2D eigenvalue weighted by atomic mass is 10.1. The number of aliphatic hydroxyl groups is 1. The lowest BCUT2D eigenvalue weighted by molar-refractivity contribution is 0.0380. The fourth-order valence-electron chi connectivity index (χ4n) is 3.42. The van der Waals surface area contributed by atoms with Crippen molar-refractivity contribution in [1.29, 1.82) is 0 Å². The third-order valence-electron chi connectivity index (χ3n) is 4.50. The number of hydrogen-bond donors (Lipinski definition) is 1. The van der Waals surface area contributed by atoms with E-state index < -0.39 is 0 Å². The van der Waals surface area contributed by atoms with Crippen LogP contribution in [0.25, 0.3) is 4.96 Å². The average molecular weight is 350 g/mol. The van der Waals surface area contributed by atoms with E-state index >= 15 is 0 Å². The molecule has 0 bridgehead atoms. The Balaban J connectivity index is 1.76. The van der Waals surface area contributed by atoms with Gasteiger partial charge in [0, 0.05) is 50.4 Å². The molecule has 2 aromatic heterocycles. The molecule has 0 unspecified atom stereocenters. The molecule has 3 heterocycles. The van der Waals surface area contributed by atoms with Crippen LogP contribution in [0.5, 0.6) is 0 Å². The van der Waals surface area contributed by atoms with Gasteiger partial charge in [0.15, 0.2) is 4.96 Å². The maximum atomic E-state index is 13.0. The zero-order chi connectivity index (χ0) is 17.3. The number of aromatic nitrogens is 2. The van der Waals surface area contributed by atoms with Crippen molar-refractivity contribution >= 4 is 22.2 Å². The van der Waals surface area contributed by atoms with Crippen molar-refractivity contribution < 1.29 is 9.90 Å². The minimum Gasteiger partial charge on any atom is -0.396 e. The number of amides is 1. The van der Waals surface area contributed by atoms with Gasteiger partial charge in [0.25, 0.3) is 5.91 Å². The van der Waals surface area contributed by atoms with Crippen molar-refractivity contribution in [2.45, 2.75) is 33.2 Å². The number of hydrogen-bond acceptors (Lipinski definition) is 5. The summed E-state index contributed by atoms with van der Waals surface area (Å²) in [5.74, 6) is 0.643. The van der Waals surface area contributed by atoms with Gasteiger partial charge < -0.3 is 10.0 Å². The van der Waals surface area contributed by atoms with Crippen LogP contribution in [-0.2, 0) is 0 Å². The molecule has 3 rings (SSSR count). The molecule has 0 spiro atoms. The molecule has 2 aromatic rings. The molecule has 1 fully saturated rings. The number of carbonyl (C=O) groups is 1. The molecule has 1 atom stereocenters. The Hall–Kier alpha value is -1.44. The normalized spacial score (nSPS) is 19.5. The van der Waals surface area contributed by atoms with Gasteiger partial charge >= 0.3 is 0 Å². The van der Waals surface area contributed by atoms with Gasteiger partial charge in [-0.2, -0.15) is 0 Å². The quantitative estimate of drug-likeness (QED) is 0.894. The summed E-state index contributed by atoms with van der Waals surface area (Å²) < 4.78 is 1.89. The Kier molecular flexibility index (Phi) is 5.22. The monoisotopic (exact) mass is 350 g/mol. The van der Waals surface area contributed by atoms with Crippen LogP contribution in [0.15, 0.2) is 11.6 Å². The summed E-state index contributed by atoms with van der Waals surface area (Å²) in [5.41, 5.74) is 1.62. The molecular weight excluding hydrogens is 324 g/mol. The van der Waals surface area contributed by atoms with E-state index in [0.717, 1.165) is 30.3 Å². The number of aryl methyl sites for hydroxylation is 1. The van der Waals surface area contributed by atoms with Crippen LogP contribution in [-0.4, -0.2) is 69.0 Å². The SMILES string of the molecule is Cc1cn2c(C(=O)N3CCN(CC(C)C)[C@@H](CCO)C3)csc2n1. The highest BCUT2D eigenvalue weighted by atomic mass is 32.1. The van der Waals surface area contributed by atoms with E-state index in [1.54, 1.807) is 0 Å². The molecule has 0 aromatic carbocycles. The third-order valence-corrected chi connectivity index (χ3v) is 5.34. The Morgan fingerprint density at radius 3 is 2.96 bits per heavy atom. The predicted molar refractivity (Wildman–Crippen MR) is 95.6 cm³/mol. The van der Waals surface area contributed by atoms with E-state index in [1.807, 2.05) is 27.8 Å². The summed E-state index contributed by atoms with van der Waals surface area (Å²) >= 11 is 1.50. The number of nitrogens with zero attached hydrogens (tertiary/aromatic N) is 4. The minimum atomic E-state index is 0.0609. The van der Waals surface area contributed by atoms with Gasteiger partial charge in [-0.15, -0.1) is 11.3 Å². The highest BCUT2D eigenvalue weighted by Gasteiger charge is 2.31. The first-order valence-corrected chi connectivity index (χ1v) is 9.45. The number of rotatable bonds is 5. The van der Waals surface area contributed by atoms with E-state index in [0.29, 0.717) is 24.6 Å². The van der Waals surface area contributed by atoms with Gasteiger partial charge in [-0.3, -0.25) is 14.1 Å². The van der Waals surface area contributed by atoms with Gasteiger partial charge in [-0.25, -0.2) is 4.98 Å². The van der Waals surface area contributed by atoms with Crippen molar-refractivity contribution in [2.24, 2.45) is 5.92 Å². The van der Waals surface area contributed by atoms with Crippen molar-refractivity contribution in [3.8, 4) is 0 Å². The van der Waals surface area contributed by atoms with Crippen LogP contribution in [0.3, 0.4) is 0 Å². The fourth-order valence-corrected chi connectivity index (χ4v) is 4.31. The molecule has 1 aliphatic heterocycles. The molecule has 7 heteroatoms. The summed E-state index contributed by atoms with van der Waals surface area (Å²) in [6, 6.07) is 0.230. The second kappa shape index (κ2) is 7.21. The fraction of sp³-hybridized carbons (Fsp3) is 0.647. The molecule has 132 valence electrons. The van der Waals surface area contributed by atoms with Crippen LogP contribution in [0.1, 0.15) is 36.5 Å². The van der Waals surface area contributed by atoms with E-state index in [2.05, 4.69) is 23.7 Å². The summed E-state index contributed by atoms with van der Waals surface area (Å²) in [7, 11) is 0. The van der Waals surface area contributed by atoms with Crippen molar-refractivity contribution in [1.82, 2.24) is 19.2 Å². The standard InChI is InChI=1S/C17H26N4O2S/c1-12(2)8-19-5-6-20(10-14(19)4-7-22)16(23)15-11-24-17-18-13(3)9-21(15)17/h9,11-12,14,22H,4-8,10H2,1-3H3/t14-/m0/s1. The Morgan fingerprint density at radius 1 is 1.46 bits per heavy atom. The number of thiazole rings is 1. The molecule has 24 heavy (non-hydrogen) atoms. The molecular formula is C17H26N4O2S. The van der Waals surface area contributed by atoms with Crippen LogP contribution in [0.2, 0.25) is 0 Å². The van der Waals surface area contributed by atoms with Crippen LogP contribution in [0.4, 0.5) is 0 Å².